The lowest BCUT2D eigenvalue weighted by Gasteiger charge is -2.03. The van der Waals surface area contributed by atoms with E-state index in [2.05, 4.69) is 4.98 Å². The number of fused-ring (bicyclic) bond motifs is 1. The molecule has 0 aliphatic heterocycles. The number of rotatable bonds is 0. The normalized spacial score (nSPS) is 10.5. The van der Waals surface area contributed by atoms with Gasteiger partial charge in [0, 0.05) is 17.6 Å². The molecule has 1 aromatic heterocycles. The Morgan fingerprint density at radius 3 is 2.62 bits per heavy atom. The molecule has 0 radical (unpaired) electrons. The smallest absolute Gasteiger partial charge is 0.184 e. The number of phenols is 3. The average Bonchev–Trinajstić information content (AvgIpc) is 2.15. The fraction of sp³-hybridized carbons (Fsp3) is 0. The topological polar surface area (TPSA) is 73.6 Å². The fourth-order valence-corrected chi connectivity index (χ4v) is 1.20. The van der Waals surface area contributed by atoms with Gasteiger partial charge in [-0.05, 0) is 12.1 Å². The van der Waals surface area contributed by atoms with Gasteiger partial charge in [-0.25, -0.2) is 0 Å². The Kier molecular flexibility index (Phi) is 1.48. The molecule has 4 nitrogen and oxygen atoms in total. The average molecular weight is 177 g/mol. The van der Waals surface area contributed by atoms with Gasteiger partial charge in [0.25, 0.3) is 0 Å². The van der Waals surface area contributed by atoms with E-state index in [1.165, 1.54) is 6.20 Å². The van der Waals surface area contributed by atoms with Gasteiger partial charge >= 0.3 is 0 Å². The third-order valence-electron chi connectivity index (χ3n) is 1.82. The van der Waals surface area contributed by atoms with Gasteiger partial charge in [-0.15, -0.1) is 0 Å². The number of phenolic OH excluding ortho intramolecular Hbond substituents is 3. The predicted octanol–water partition coefficient (Wildman–Crippen LogP) is 1.35. The highest BCUT2D eigenvalue weighted by Crippen LogP contribution is 2.37. The minimum Gasteiger partial charge on any atom is -0.507 e. The molecule has 0 bridgehead atoms. The van der Waals surface area contributed by atoms with Gasteiger partial charge in [-0.2, -0.15) is 0 Å². The molecule has 4 heteroatoms. The first-order valence-corrected chi connectivity index (χ1v) is 3.69. The van der Waals surface area contributed by atoms with E-state index in [1.807, 2.05) is 0 Å². The van der Waals surface area contributed by atoms with Gasteiger partial charge < -0.3 is 15.3 Å². The second-order valence-corrected chi connectivity index (χ2v) is 2.66. The number of nitrogens with zero attached hydrogens (tertiary/aromatic N) is 1. The Bertz CT molecular complexity index is 468. The molecule has 66 valence electrons. The van der Waals surface area contributed by atoms with Gasteiger partial charge in [0.15, 0.2) is 11.5 Å². The summed E-state index contributed by atoms with van der Waals surface area (Å²) < 4.78 is 0. The van der Waals surface area contributed by atoms with E-state index in [4.69, 9.17) is 5.11 Å². The van der Waals surface area contributed by atoms with E-state index in [0.717, 1.165) is 6.07 Å². The quantitative estimate of drug-likeness (QED) is 0.419. The molecule has 0 saturated carbocycles. The van der Waals surface area contributed by atoms with Crippen molar-refractivity contribution in [1.29, 1.82) is 0 Å². The second kappa shape index (κ2) is 2.52. The predicted molar refractivity (Wildman–Crippen MR) is 46.7 cm³/mol. The van der Waals surface area contributed by atoms with Crippen molar-refractivity contribution in [3.63, 3.8) is 0 Å². The summed E-state index contributed by atoms with van der Waals surface area (Å²) in [7, 11) is 0. The largest absolute Gasteiger partial charge is 0.507 e. The van der Waals surface area contributed by atoms with Crippen LogP contribution < -0.4 is 0 Å². The number of pyridine rings is 1. The van der Waals surface area contributed by atoms with Crippen molar-refractivity contribution in [2.24, 2.45) is 0 Å². The van der Waals surface area contributed by atoms with Crippen molar-refractivity contribution < 1.29 is 15.3 Å². The van der Waals surface area contributed by atoms with Gasteiger partial charge in [-0.3, -0.25) is 4.98 Å². The summed E-state index contributed by atoms with van der Waals surface area (Å²) in [5.41, 5.74) is 0.194. The molecule has 13 heavy (non-hydrogen) atoms. The van der Waals surface area contributed by atoms with Crippen LogP contribution >= 0.6 is 0 Å². The van der Waals surface area contributed by atoms with Crippen LogP contribution in [0.1, 0.15) is 0 Å². The maximum absolute atomic E-state index is 9.37. The molecule has 0 saturated heterocycles. The number of hydrogen-bond donors (Lipinski definition) is 3. The molecule has 1 heterocycles. The van der Waals surface area contributed by atoms with Crippen molar-refractivity contribution in [3.8, 4) is 17.2 Å². The van der Waals surface area contributed by atoms with Gasteiger partial charge in [0.1, 0.15) is 11.3 Å². The molecule has 0 unspecified atom stereocenters. The van der Waals surface area contributed by atoms with E-state index in [0.29, 0.717) is 5.39 Å². The zero-order chi connectivity index (χ0) is 9.42. The lowest BCUT2D eigenvalue weighted by atomic mass is 10.2. The first-order chi connectivity index (χ1) is 6.20. The van der Waals surface area contributed by atoms with Crippen LogP contribution in [0.25, 0.3) is 10.9 Å². The maximum atomic E-state index is 9.37. The highest BCUT2D eigenvalue weighted by atomic mass is 16.3. The minimum absolute atomic E-state index is 0.0987. The number of aromatic nitrogens is 1. The SMILES string of the molecule is Oc1cc(O)c2cccnc2c1O. The van der Waals surface area contributed by atoms with Crippen LogP contribution in [0, 0.1) is 0 Å². The second-order valence-electron chi connectivity index (χ2n) is 2.66. The molecular formula is C9H7NO3. The Balaban J connectivity index is 2.97. The van der Waals surface area contributed by atoms with Crippen LogP contribution in [0.15, 0.2) is 24.4 Å². The fourth-order valence-electron chi connectivity index (χ4n) is 1.20. The van der Waals surface area contributed by atoms with Gasteiger partial charge in [0.2, 0.25) is 0 Å². The summed E-state index contributed by atoms with van der Waals surface area (Å²) >= 11 is 0. The van der Waals surface area contributed by atoms with Crippen LogP contribution in [0.4, 0.5) is 0 Å². The van der Waals surface area contributed by atoms with E-state index < -0.39 is 0 Å². The van der Waals surface area contributed by atoms with Crippen molar-refractivity contribution in [2.75, 3.05) is 0 Å². The third kappa shape index (κ3) is 1.03. The van der Waals surface area contributed by atoms with Crippen LogP contribution in [-0.4, -0.2) is 20.3 Å². The number of aromatic hydroxyl groups is 3. The summed E-state index contributed by atoms with van der Waals surface area (Å²) in [5.74, 6) is -0.782. The first kappa shape index (κ1) is 7.67. The van der Waals surface area contributed by atoms with Crippen LogP contribution in [-0.2, 0) is 0 Å². The van der Waals surface area contributed by atoms with Crippen LogP contribution in [0.2, 0.25) is 0 Å². The zero-order valence-electron chi connectivity index (χ0n) is 6.60. The van der Waals surface area contributed by atoms with Crippen molar-refractivity contribution >= 4 is 10.9 Å². The molecule has 1 aromatic carbocycles. The number of hydrogen-bond acceptors (Lipinski definition) is 4. The Morgan fingerprint density at radius 2 is 1.85 bits per heavy atom. The molecule has 0 aliphatic carbocycles. The molecule has 0 fully saturated rings. The van der Waals surface area contributed by atoms with Crippen LogP contribution in [0.3, 0.4) is 0 Å². The highest BCUT2D eigenvalue weighted by molar-refractivity contribution is 5.91. The molecule has 0 spiro atoms. The Morgan fingerprint density at radius 1 is 1.08 bits per heavy atom. The van der Waals surface area contributed by atoms with Crippen molar-refractivity contribution in [1.82, 2.24) is 4.98 Å². The van der Waals surface area contributed by atoms with Gasteiger partial charge in [0.05, 0.1) is 0 Å². The monoisotopic (exact) mass is 177 g/mol. The highest BCUT2D eigenvalue weighted by Gasteiger charge is 2.09. The van der Waals surface area contributed by atoms with E-state index in [1.54, 1.807) is 12.1 Å². The minimum atomic E-state index is -0.372. The molecule has 2 rings (SSSR count). The Labute approximate surface area is 73.7 Å². The molecule has 3 N–H and O–H groups in total. The Hall–Kier alpha value is -1.97. The van der Waals surface area contributed by atoms with Crippen molar-refractivity contribution in [2.45, 2.75) is 0 Å². The molecule has 0 amide bonds. The first-order valence-electron chi connectivity index (χ1n) is 3.69. The molecule has 0 aliphatic rings. The lowest BCUT2D eigenvalue weighted by Crippen LogP contribution is -1.80. The third-order valence-corrected chi connectivity index (χ3v) is 1.82. The molecule has 2 aromatic rings. The summed E-state index contributed by atoms with van der Waals surface area (Å²) in [5, 5.41) is 28.3. The summed E-state index contributed by atoms with van der Waals surface area (Å²) in [6, 6.07) is 4.33. The summed E-state index contributed by atoms with van der Waals surface area (Å²) in [6.07, 6.45) is 1.47. The summed E-state index contributed by atoms with van der Waals surface area (Å²) in [6.45, 7) is 0. The number of benzene rings is 1. The van der Waals surface area contributed by atoms with Gasteiger partial charge in [-0.1, -0.05) is 0 Å². The van der Waals surface area contributed by atoms with Crippen LogP contribution in [0.5, 0.6) is 17.2 Å². The zero-order valence-corrected chi connectivity index (χ0v) is 6.60. The van der Waals surface area contributed by atoms with Crippen molar-refractivity contribution in [3.05, 3.63) is 24.4 Å². The molecule has 0 atom stereocenters. The summed E-state index contributed by atoms with van der Waals surface area (Å²) in [4.78, 5) is 3.83. The van der Waals surface area contributed by atoms with E-state index >= 15 is 0 Å². The molecular weight excluding hydrogens is 170 g/mol. The maximum Gasteiger partial charge on any atom is 0.184 e. The lowest BCUT2D eigenvalue weighted by molar-refractivity contribution is 0.401. The van der Waals surface area contributed by atoms with E-state index in [-0.39, 0.29) is 22.8 Å². The van der Waals surface area contributed by atoms with E-state index in [9.17, 15) is 10.2 Å². The standard InChI is InChI=1S/C9H7NO3/c11-6-4-7(12)9(13)8-5(6)2-1-3-10-8/h1-4,11-13H.